The number of halogens is 3. The van der Waals surface area contributed by atoms with Crippen LogP contribution in [0.4, 0.5) is 23.8 Å². The number of rotatable bonds is 5. The van der Waals surface area contributed by atoms with Crippen molar-refractivity contribution in [3.05, 3.63) is 47.7 Å². The second-order valence-corrected chi connectivity index (χ2v) is 5.33. The van der Waals surface area contributed by atoms with Crippen LogP contribution in [0.25, 0.3) is 0 Å². The molecule has 0 saturated carbocycles. The van der Waals surface area contributed by atoms with Gasteiger partial charge in [-0.25, -0.2) is 9.78 Å². The minimum atomic E-state index is -4.59. The molecule has 0 fully saturated rings. The maximum absolute atomic E-state index is 12.7. The molecule has 9 heteroatoms. The average Bonchev–Trinajstić information content (AvgIpc) is 2.60. The van der Waals surface area contributed by atoms with Gasteiger partial charge in [0.1, 0.15) is 23.0 Å². The van der Waals surface area contributed by atoms with E-state index in [0.717, 1.165) is 6.07 Å². The Labute approximate surface area is 148 Å². The molecule has 2 amide bonds. The summed E-state index contributed by atoms with van der Waals surface area (Å²) in [5.41, 5.74) is -0.434. The summed E-state index contributed by atoms with van der Waals surface area (Å²) < 4.78 is 48.4. The molecule has 1 atom stereocenters. The number of aromatic nitrogens is 1. The molecule has 0 aliphatic carbocycles. The Morgan fingerprint density at radius 1 is 1.15 bits per heavy atom. The summed E-state index contributed by atoms with van der Waals surface area (Å²) in [5, 5.41) is 4.91. The van der Waals surface area contributed by atoms with E-state index >= 15 is 0 Å². The number of carbonyl (C=O) groups excluding carboxylic acids is 1. The van der Waals surface area contributed by atoms with E-state index in [9.17, 15) is 18.0 Å². The molecule has 0 radical (unpaired) electrons. The molecule has 2 aromatic rings. The second-order valence-electron chi connectivity index (χ2n) is 5.33. The van der Waals surface area contributed by atoms with Crippen molar-refractivity contribution in [2.24, 2.45) is 0 Å². The number of nitrogens with zero attached hydrogens (tertiary/aromatic N) is 1. The van der Waals surface area contributed by atoms with E-state index < -0.39 is 23.9 Å². The fourth-order valence-corrected chi connectivity index (χ4v) is 2.27. The number of methoxy groups -OCH3 is 2. The molecule has 0 aliphatic heterocycles. The molecule has 0 aliphatic rings. The van der Waals surface area contributed by atoms with Gasteiger partial charge in [-0.15, -0.1) is 0 Å². The van der Waals surface area contributed by atoms with Gasteiger partial charge in [-0.05, 0) is 37.3 Å². The fraction of sp³-hybridized carbons (Fsp3) is 0.294. The number of amides is 2. The van der Waals surface area contributed by atoms with Crippen LogP contribution in [0.2, 0.25) is 0 Å². The zero-order valence-electron chi connectivity index (χ0n) is 14.3. The molecular weight excluding hydrogens is 351 g/mol. The summed E-state index contributed by atoms with van der Waals surface area (Å²) in [6.45, 7) is 1.70. The zero-order valence-corrected chi connectivity index (χ0v) is 14.3. The molecule has 1 aromatic heterocycles. The van der Waals surface area contributed by atoms with Gasteiger partial charge in [0.05, 0.1) is 20.3 Å². The molecule has 26 heavy (non-hydrogen) atoms. The minimum Gasteiger partial charge on any atom is -0.497 e. The van der Waals surface area contributed by atoms with Crippen LogP contribution in [0.15, 0.2) is 36.4 Å². The van der Waals surface area contributed by atoms with Crippen LogP contribution in [0, 0.1) is 0 Å². The standard InChI is InChI=1S/C17H18F3N3O3/c1-10(12-9-11(25-2)7-8-13(12)26-3)21-16(24)23-15-6-4-5-14(22-15)17(18,19)20/h4-10H,1-3H3,(H2,21,22,23,24). The van der Waals surface area contributed by atoms with Gasteiger partial charge in [0.15, 0.2) is 0 Å². The number of hydrogen-bond acceptors (Lipinski definition) is 4. The van der Waals surface area contributed by atoms with Crippen molar-refractivity contribution < 1.29 is 27.4 Å². The SMILES string of the molecule is COc1ccc(OC)c(C(C)NC(=O)Nc2cccc(C(F)(F)F)n2)c1. The van der Waals surface area contributed by atoms with Crippen molar-refractivity contribution >= 4 is 11.8 Å². The topological polar surface area (TPSA) is 72.5 Å². The second kappa shape index (κ2) is 7.94. The largest absolute Gasteiger partial charge is 0.497 e. The maximum Gasteiger partial charge on any atom is 0.433 e. The molecule has 2 rings (SSSR count). The number of nitrogens with one attached hydrogen (secondary N) is 2. The molecule has 1 unspecified atom stereocenters. The van der Waals surface area contributed by atoms with Gasteiger partial charge in [0.2, 0.25) is 0 Å². The predicted octanol–water partition coefficient (Wildman–Crippen LogP) is 4.00. The molecule has 0 bridgehead atoms. The average molecular weight is 369 g/mol. The summed E-state index contributed by atoms with van der Waals surface area (Å²) in [5.74, 6) is 0.910. The number of alkyl halides is 3. The number of benzene rings is 1. The maximum atomic E-state index is 12.7. The highest BCUT2D eigenvalue weighted by Crippen LogP contribution is 2.30. The minimum absolute atomic E-state index is 0.206. The van der Waals surface area contributed by atoms with Gasteiger partial charge in [0, 0.05) is 5.56 Å². The number of urea groups is 1. The van der Waals surface area contributed by atoms with Crippen molar-refractivity contribution in [2.45, 2.75) is 19.1 Å². The van der Waals surface area contributed by atoms with Crippen LogP contribution in [-0.4, -0.2) is 25.2 Å². The van der Waals surface area contributed by atoms with Crippen LogP contribution in [0.5, 0.6) is 11.5 Å². The Bertz CT molecular complexity index is 781. The Hall–Kier alpha value is -2.97. The van der Waals surface area contributed by atoms with Gasteiger partial charge >= 0.3 is 12.2 Å². The van der Waals surface area contributed by atoms with E-state index in [1.54, 1.807) is 25.1 Å². The third kappa shape index (κ3) is 4.78. The number of carbonyl (C=O) groups is 1. The van der Waals surface area contributed by atoms with Gasteiger partial charge in [0.25, 0.3) is 0 Å². The van der Waals surface area contributed by atoms with Gasteiger partial charge < -0.3 is 14.8 Å². The number of hydrogen-bond donors (Lipinski definition) is 2. The first-order valence-corrected chi connectivity index (χ1v) is 7.58. The molecule has 0 spiro atoms. The molecule has 140 valence electrons. The van der Waals surface area contributed by atoms with E-state index in [-0.39, 0.29) is 5.82 Å². The fourth-order valence-electron chi connectivity index (χ4n) is 2.27. The first kappa shape index (κ1) is 19.4. The molecule has 1 aromatic carbocycles. The molecular formula is C17H18F3N3O3. The monoisotopic (exact) mass is 369 g/mol. The van der Waals surface area contributed by atoms with Crippen molar-refractivity contribution in [1.29, 1.82) is 0 Å². The lowest BCUT2D eigenvalue weighted by molar-refractivity contribution is -0.141. The van der Waals surface area contributed by atoms with Crippen molar-refractivity contribution in [1.82, 2.24) is 10.3 Å². The van der Waals surface area contributed by atoms with Crippen molar-refractivity contribution in [3.8, 4) is 11.5 Å². The predicted molar refractivity (Wildman–Crippen MR) is 89.4 cm³/mol. The summed E-state index contributed by atoms with van der Waals surface area (Å²) >= 11 is 0. The highest BCUT2D eigenvalue weighted by molar-refractivity contribution is 5.88. The van der Waals surface area contributed by atoms with Crippen LogP contribution in [0.1, 0.15) is 24.2 Å². The van der Waals surface area contributed by atoms with E-state index in [1.807, 2.05) is 0 Å². The highest BCUT2D eigenvalue weighted by Gasteiger charge is 2.32. The van der Waals surface area contributed by atoms with Crippen LogP contribution < -0.4 is 20.1 Å². The zero-order chi connectivity index (χ0) is 19.3. The quantitative estimate of drug-likeness (QED) is 0.836. The summed E-state index contributed by atoms with van der Waals surface area (Å²) in [4.78, 5) is 15.5. The first-order valence-electron chi connectivity index (χ1n) is 7.58. The van der Waals surface area contributed by atoms with Crippen LogP contribution >= 0.6 is 0 Å². The highest BCUT2D eigenvalue weighted by atomic mass is 19.4. The van der Waals surface area contributed by atoms with Gasteiger partial charge in [-0.3, -0.25) is 5.32 Å². The lowest BCUT2D eigenvalue weighted by Gasteiger charge is -2.18. The van der Waals surface area contributed by atoms with E-state index in [2.05, 4.69) is 15.6 Å². The van der Waals surface area contributed by atoms with E-state index in [1.165, 1.54) is 26.4 Å². The number of pyridine rings is 1. The Balaban J connectivity index is 2.11. The smallest absolute Gasteiger partial charge is 0.433 e. The summed E-state index contributed by atoms with van der Waals surface area (Å²) in [6, 6.07) is 7.17. The number of ether oxygens (including phenoxy) is 2. The Kier molecular flexibility index (Phi) is 5.91. The molecule has 2 N–H and O–H groups in total. The molecule has 0 saturated heterocycles. The first-order chi connectivity index (χ1) is 12.2. The summed E-state index contributed by atoms with van der Waals surface area (Å²) in [7, 11) is 3.00. The van der Waals surface area contributed by atoms with Gasteiger partial charge in [-0.1, -0.05) is 6.07 Å². The van der Waals surface area contributed by atoms with Crippen molar-refractivity contribution in [2.75, 3.05) is 19.5 Å². The summed E-state index contributed by atoms with van der Waals surface area (Å²) in [6.07, 6.45) is -4.59. The van der Waals surface area contributed by atoms with Crippen molar-refractivity contribution in [3.63, 3.8) is 0 Å². The number of anilines is 1. The third-order valence-electron chi connectivity index (χ3n) is 3.53. The normalized spacial score (nSPS) is 12.2. The molecule has 6 nitrogen and oxygen atoms in total. The molecule has 1 heterocycles. The van der Waals surface area contributed by atoms with Gasteiger partial charge in [-0.2, -0.15) is 13.2 Å². The van der Waals surface area contributed by atoms with Crippen LogP contribution in [-0.2, 0) is 6.18 Å². The lowest BCUT2D eigenvalue weighted by atomic mass is 10.1. The van der Waals surface area contributed by atoms with Crippen LogP contribution in [0.3, 0.4) is 0 Å². The lowest BCUT2D eigenvalue weighted by Crippen LogP contribution is -2.31. The van der Waals surface area contributed by atoms with E-state index in [0.29, 0.717) is 17.1 Å². The Morgan fingerprint density at radius 3 is 2.50 bits per heavy atom. The Morgan fingerprint density at radius 2 is 1.88 bits per heavy atom. The third-order valence-corrected chi connectivity index (χ3v) is 3.53. The van der Waals surface area contributed by atoms with E-state index in [4.69, 9.17) is 9.47 Å².